The highest BCUT2D eigenvalue weighted by molar-refractivity contribution is 6.04. The fraction of sp³-hybridized carbons (Fsp3) is 0.200. The molecule has 25 heavy (non-hydrogen) atoms. The Morgan fingerprint density at radius 1 is 1.36 bits per heavy atom. The monoisotopic (exact) mass is 342 g/mol. The molecule has 1 amide bonds. The zero-order chi connectivity index (χ0) is 18.0. The van der Waals surface area contributed by atoms with E-state index in [-0.39, 0.29) is 22.8 Å². The predicted octanol–water partition coefficient (Wildman–Crippen LogP) is 1.53. The molecule has 0 aliphatic heterocycles. The number of hydrogen-bond donors (Lipinski definition) is 2. The summed E-state index contributed by atoms with van der Waals surface area (Å²) in [5.74, 6) is 0.427. The number of rotatable bonds is 5. The molecule has 2 heterocycles. The second kappa shape index (κ2) is 6.51. The fourth-order valence-corrected chi connectivity index (χ4v) is 2.28. The number of nitro groups is 1. The number of fused-ring (bicyclic) bond motifs is 1. The number of H-pyrrole nitrogens is 1. The quantitative estimate of drug-likeness (QED) is 0.533. The van der Waals surface area contributed by atoms with E-state index >= 15 is 0 Å². The van der Waals surface area contributed by atoms with Crippen LogP contribution in [-0.2, 0) is 6.42 Å². The highest BCUT2D eigenvalue weighted by Gasteiger charge is 2.14. The van der Waals surface area contributed by atoms with Crippen LogP contribution in [0.15, 0.2) is 35.1 Å². The second-order valence-corrected chi connectivity index (χ2v) is 5.29. The number of non-ortho nitro benzene ring substituents is 1. The molecule has 0 saturated carbocycles. The van der Waals surface area contributed by atoms with Crippen molar-refractivity contribution >= 4 is 23.2 Å². The number of carbonyl (C=O) groups excluding carboxylic acids is 1. The molecule has 0 bridgehead atoms. The van der Waals surface area contributed by atoms with Gasteiger partial charge in [0, 0.05) is 30.2 Å². The van der Waals surface area contributed by atoms with Crippen molar-refractivity contribution in [3.8, 4) is 0 Å². The first-order valence-corrected chi connectivity index (χ1v) is 7.52. The molecule has 128 valence electrons. The summed E-state index contributed by atoms with van der Waals surface area (Å²) in [4.78, 5) is 40.9. The molecule has 2 aromatic heterocycles. The zero-order valence-electron chi connectivity index (χ0n) is 13.2. The number of aromatic nitrogens is 4. The minimum Gasteiger partial charge on any atom is -0.306 e. The lowest BCUT2D eigenvalue weighted by atomic mass is 10.2. The lowest BCUT2D eigenvalue weighted by molar-refractivity contribution is -0.384. The van der Waals surface area contributed by atoms with Crippen molar-refractivity contribution in [2.24, 2.45) is 0 Å². The van der Waals surface area contributed by atoms with E-state index in [2.05, 4.69) is 20.4 Å². The van der Waals surface area contributed by atoms with Crippen LogP contribution in [0.4, 0.5) is 11.5 Å². The Morgan fingerprint density at radius 2 is 2.08 bits per heavy atom. The molecule has 0 unspecified atom stereocenters. The van der Waals surface area contributed by atoms with E-state index in [4.69, 9.17) is 0 Å². The molecule has 0 fully saturated rings. The summed E-state index contributed by atoms with van der Waals surface area (Å²) < 4.78 is 1.34. The van der Waals surface area contributed by atoms with E-state index in [9.17, 15) is 19.7 Å². The third-order valence-electron chi connectivity index (χ3n) is 3.44. The molecule has 3 aromatic rings. The van der Waals surface area contributed by atoms with Crippen LogP contribution in [-0.4, -0.2) is 30.4 Å². The normalized spacial score (nSPS) is 10.8. The Balaban J connectivity index is 1.92. The maximum absolute atomic E-state index is 12.3. The Hall–Kier alpha value is -3.56. The SMILES string of the molecule is CCCc1nc2[nH]c(=O)cc(NC(=O)c3ccc([N+](=O)[O-])cc3)n2n1. The molecule has 1 aromatic carbocycles. The van der Waals surface area contributed by atoms with Crippen LogP contribution < -0.4 is 10.9 Å². The van der Waals surface area contributed by atoms with Gasteiger partial charge < -0.3 is 5.32 Å². The van der Waals surface area contributed by atoms with E-state index < -0.39 is 16.4 Å². The minimum absolute atomic E-state index is 0.115. The van der Waals surface area contributed by atoms with Gasteiger partial charge in [-0.1, -0.05) is 6.92 Å². The third-order valence-corrected chi connectivity index (χ3v) is 3.44. The molecule has 10 heteroatoms. The largest absolute Gasteiger partial charge is 0.306 e. The van der Waals surface area contributed by atoms with Gasteiger partial charge in [-0.25, -0.2) is 0 Å². The summed E-state index contributed by atoms with van der Waals surface area (Å²) in [5.41, 5.74) is -0.328. The van der Waals surface area contributed by atoms with Crippen molar-refractivity contribution in [1.29, 1.82) is 0 Å². The Morgan fingerprint density at radius 3 is 2.72 bits per heavy atom. The summed E-state index contributed by atoms with van der Waals surface area (Å²) >= 11 is 0. The Kier molecular flexibility index (Phi) is 4.25. The number of carbonyl (C=O) groups is 1. The number of aromatic amines is 1. The Bertz CT molecular complexity index is 1010. The lowest BCUT2D eigenvalue weighted by Gasteiger charge is -2.06. The van der Waals surface area contributed by atoms with Gasteiger partial charge in [0.05, 0.1) is 4.92 Å². The number of nitrogens with one attached hydrogen (secondary N) is 2. The Labute approximate surface area is 140 Å². The van der Waals surface area contributed by atoms with Crippen LogP contribution in [0, 0.1) is 10.1 Å². The van der Waals surface area contributed by atoms with E-state index in [0.717, 1.165) is 6.42 Å². The number of nitrogens with zero attached hydrogens (tertiary/aromatic N) is 4. The standard InChI is InChI=1S/C15H14N6O4/c1-2-3-11-16-15-18-13(22)8-12(20(15)19-11)17-14(23)9-4-6-10(7-5-9)21(24)25/h4-8H,2-3H2,1H3,(H,17,23)(H,16,18,19,22). The molecule has 2 N–H and O–H groups in total. The highest BCUT2D eigenvalue weighted by atomic mass is 16.6. The van der Waals surface area contributed by atoms with Crippen molar-refractivity contribution in [1.82, 2.24) is 19.6 Å². The van der Waals surface area contributed by atoms with Crippen LogP contribution in [0.3, 0.4) is 0 Å². The van der Waals surface area contributed by atoms with Crippen molar-refractivity contribution in [2.45, 2.75) is 19.8 Å². The van der Waals surface area contributed by atoms with Crippen LogP contribution in [0.2, 0.25) is 0 Å². The van der Waals surface area contributed by atoms with E-state index in [1.807, 2.05) is 6.92 Å². The van der Waals surface area contributed by atoms with E-state index in [1.54, 1.807) is 0 Å². The van der Waals surface area contributed by atoms with Crippen molar-refractivity contribution in [2.75, 3.05) is 5.32 Å². The van der Waals surface area contributed by atoms with Crippen LogP contribution in [0.1, 0.15) is 29.5 Å². The first-order chi connectivity index (χ1) is 12.0. The number of amides is 1. The van der Waals surface area contributed by atoms with Gasteiger partial charge in [0.25, 0.3) is 17.2 Å². The number of aryl methyl sites for hydroxylation is 1. The molecule has 0 spiro atoms. The number of benzene rings is 1. The first-order valence-electron chi connectivity index (χ1n) is 7.52. The van der Waals surface area contributed by atoms with Crippen molar-refractivity contribution < 1.29 is 9.72 Å². The van der Waals surface area contributed by atoms with Gasteiger partial charge in [-0.3, -0.25) is 24.7 Å². The molecule has 0 radical (unpaired) electrons. The average Bonchev–Trinajstić information content (AvgIpc) is 2.97. The number of nitro benzene ring substituents is 1. The van der Waals surface area contributed by atoms with Crippen molar-refractivity contribution in [3.05, 3.63) is 62.2 Å². The summed E-state index contributed by atoms with van der Waals surface area (Å²) in [7, 11) is 0. The predicted molar refractivity (Wildman–Crippen MR) is 88.7 cm³/mol. The highest BCUT2D eigenvalue weighted by Crippen LogP contribution is 2.14. The van der Waals surface area contributed by atoms with Gasteiger partial charge in [-0.15, -0.1) is 5.10 Å². The first kappa shape index (κ1) is 16.3. The molecular formula is C15H14N6O4. The minimum atomic E-state index is -0.549. The summed E-state index contributed by atoms with van der Waals surface area (Å²) in [6.07, 6.45) is 1.48. The molecule has 0 saturated heterocycles. The van der Waals surface area contributed by atoms with Gasteiger partial charge in [0.2, 0.25) is 5.78 Å². The van der Waals surface area contributed by atoms with Gasteiger partial charge >= 0.3 is 0 Å². The fourth-order valence-electron chi connectivity index (χ4n) is 2.28. The molecule has 3 rings (SSSR count). The van der Waals surface area contributed by atoms with Crippen LogP contribution in [0.25, 0.3) is 5.78 Å². The van der Waals surface area contributed by atoms with Gasteiger partial charge in [-0.2, -0.15) is 9.50 Å². The molecule has 0 atom stereocenters. The maximum atomic E-state index is 12.3. The van der Waals surface area contributed by atoms with Gasteiger partial charge in [0.15, 0.2) is 5.82 Å². The summed E-state index contributed by atoms with van der Waals surface area (Å²) in [5, 5.41) is 17.5. The second-order valence-electron chi connectivity index (χ2n) is 5.29. The van der Waals surface area contributed by atoms with Crippen LogP contribution >= 0.6 is 0 Å². The maximum Gasteiger partial charge on any atom is 0.269 e. The molecular weight excluding hydrogens is 328 g/mol. The van der Waals surface area contributed by atoms with Crippen molar-refractivity contribution in [3.63, 3.8) is 0 Å². The lowest BCUT2D eigenvalue weighted by Crippen LogP contribution is -2.18. The smallest absolute Gasteiger partial charge is 0.269 e. The van der Waals surface area contributed by atoms with Gasteiger partial charge in [0.1, 0.15) is 5.82 Å². The zero-order valence-corrected chi connectivity index (χ0v) is 13.2. The van der Waals surface area contributed by atoms with E-state index in [0.29, 0.717) is 12.2 Å². The topological polar surface area (TPSA) is 135 Å². The van der Waals surface area contributed by atoms with Gasteiger partial charge in [-0.05, 0) is 18.6 Å². The summed E-state index contributed by atoms with van der Waals surface area (Å²) in [6, 6.07) is 6.33. The average molecular weight is 342 g/mol. The number of anilines is 1. The van der Waals surface area contributed by atoms with E-state index in [1.165, 1.54) is 34.8 Å². The summed E-state index contributed by atoms with van der Waals surface area (Å²) in [6.45, 7) is 1.98. The number of hydrogen-bond acceptors (Lipinski definition) is 6. The third kappa shape index (κ3) is 3.37. The molecule has 0 aliphatic carbocycles. The molecule has 10 nitrogen and oxygen atoms in total. The van der Waals surface area contributed by atoms with Crippen LogP contribution in [0.5, 0.6) is 0 Å². The molecule has 0 aliphatic rings.